The molecule has 100 valence electrons. The average Bonchev–Trinajstić information content (AvgIpc) is 2.28. The van der Waals surface area contributed by atoms with Crippen LogP contribution in [-0.2, 0) is 0 Å². The molecule has 0 saturated heterocycles. The smallest absolute Gasteiger partial charge is 0.128 e. The van der Waals surface area contributed by atoms with E-state index in [-0.39, 0.29) is 5.60 Å². The minimum Gasteiger partial charge on any atom is -0.487 e. The first-order valence-corrected chi connectivity index (χ1v) is 6.85. The van der Waals surface area contributed by atoms with Gasteiger partial charge >= 0.3 is 0 Å². The maximum absolute atomic E-state index is 6.23. The maximum atomic E-state index is 6.23. The lowest BCUT2D eigenvalue weighted by molar-refractivity contribution is 0.0660. The van der Waals surface area contributed by atoms with Crippen molar-refractivity contribution in [2.45, 2.75) is 58.6 Å². The molecule has 0 amide bonds. The van der Waals surface area contributed by atoms with Crippen molar-refractivity contribution >= 4 is 0 Å². The number of benzene rings is 1. The molecule has 1 aromatic rings. The zero-order valence-electron chi connectivity index (χ0n) is 12.4. The van der Waals surface area contributed by atoms with Crippen molar-refractivity contribution in [3.05, 3.63) is 28.8 Å². The van der Waals surface area contributed by atoms with Crippen LogP contribution in [0.5, 0.6) is 5.75 Å². The van der Waals surface area contributed by atoms with Gasteiger partial charge in [-0.2, -0.15) is 0 Å². The monoisotopic (exact) mass is 247 g/mol. The van der Waals surface area contributed by atoms with Gasteiger partial charge in [-0.05, 0) is 44.9 Å². The number of nitrogens with one attached hydrogen (secondary N) is 1. The molecular weight excluding hydrogens is 222 g/mol. The molecule has 2 nitrogen and oxygen atoms in total. The van der Waals surface area contributed by atoms with E-state index in [0.29, 0.717) is 12.0 Å². The summed E-state index contributed by atoms with van der Waals surface area (Å²) >= 11 is 0. The topological polar surface area (TPSA) is 21.3 Å². The van der Waals surface area contributed by atoms with Gasteiger partial charge < -0.3 is 10.1 Å². The Hall–Kier alpha value is -1.02. The maximum Gasteiger partial charge on any atom is 0.128 e. The summed E-state index contributed by atoms with van der Waals surface area (Å²) < 4.78 is 6.23. The summed E-state index contributed by atoms with van der Waals surface area (Å²) in [6.07, 6.45) is 1.01. The fourth-order valence-electron chi connectivity index (χ4n) is 2.88. The third-order valence-electron chi connectivity index (χ3n) is 3.82. The third kappa shape index (κ3) is 2.26. The van der Waals surface area contributed by atoms with Gasteiger partial charge in [0.25, 0.3) is 0 Å². The first-order valence-electron chi connectivity index (χ1n) is 6.85. The molecule has 2 heteroatoms. The van der Waals surface area contributed by atoms with Crippen LogP contribution >= 0.6 is 0 Å². The van der Waals surface area contributed by atoms with Crippen LogP contribution in [0.1, 0.15) is 62.8 Å². The van der Waals surface area contributed by atoms with Crippen LogP contribution in [0.2, 0.25) is 0 Å². The van der Waals surface area contributed by atoms with E-state index in [1.807, 2.05) is 7.05 Å². The van der Waals surface area contributed by atoms with Crippen LogP contribution in [0.15, 0.2) is 12.1 Å². The third-order valence-corrected chi connectivity index (χ3v) is 3.82. The lowest BCUT2D eigenvalue weighted by atomic mass is 9.83. The van der Waals surface area contributed by atoms with Crippen molar-refractivity contribution in [2.75, 3.05) is 7.05 Å². The van der Waals surface area contributed by atoms with Gasteiger partial charge in [-0.3, -0.25) is 0 Å². The Morgan fingerprint density at radius 3 is 2.56 bits per heavy atom. The normalized spacial score (nSPS) is 21.6. The fraction of sp³-hybridized carbons (Fsp3) is 0.625. The van der Waals surface area contributed by atoms with Crippen molar-refractivity contribution in [3.8, 4) is 5.75 Å². The lowest BCUT2D eigenvalue weighted by Crippen LogP contribution is -2.39. The molecule has 1 N–H and O–H groups in total. The van der Waals surface area contributed by atoms with Crippen molar-refractivity contribution < 1.29 is 4.74 Å². The first-order chi connectivity index (χ1) is 8.35. The Morgan fingerprint density at radius 2 is 2.00 bits per heavy atom. The molecule has 0 spiro atoms. The summed E-state index contributed by atoms with van der Waals surface area (Å²) in [5.74, 6) is 1.62. The van der Waals surface area contributed by atoms with Crippen LogP contribution in [-0.4, -0.2) is 12.6 Å². The van der Waals surface area contributed by atoms with Crippen LogP contribution < -0.4 is 10.1 Å². The van der Waals surface area contributed by atoms with Crippen LogP contribution in [0.3, 0.4) is 0 Å². The van der Waals surface area contributed by atoms with Gasteiger partial charge in [0.15, 0.2) is 0 Å². The summed E-state index contributed by atoms with van der Waals surface area (Å²) in [6, 6.07) is 4.83. The Labute approximate surface area is 111 Å². The quantitative estimate of drug-likeness (QED) is 0.854. The molecule has 0 saturated carbocycles. The number of hydrogen-bond donors (Lipinski definition) is 1. The highest BCUT2D eigenvalue weighted by atomic mass is 16.5. The summed E-state index contributed by atoms with van der Waals surface area (Å²) in [6.45, 7) is 11.0. The van der Waals surface area contributed by atoms with E-state index in [0.717, 1.165) is 12.2 Å². The van der Waals surface area contributed by atoms with Crippen LogP contribution in [0.25, 0.3) is 0 Å². The van der Waals surface area contributed by atoms with E-state index >= 15 is 0 Å². The largest absolute Gasteiger partial charge is 0.487 e. The van der Waals surface area contributed by atoms with Crippen molar-refractivity contribution in [2.24, 2.45) is 0 Å². The summed E-state index contributed by atoms with van der Waals surface area (Å²) in [4.78, 5) is 0. The highest BCUT2D eigenvalue weighted by molar-refractivity contribution is 5.50. The molecular formula is C16H25NO. The zero-order valence-corrected chi connectivity index (χ0v) is 12.4. The minimum absolute atomic E-state index is 0.0962. The first kappa shape index (κ1) is 13.4. The Balaban J connectivity index is 2.62. The molecule has 18 heavy (non-hydrogen) atoms. The van der Waals surface area contributed by atoms with Gasteiger partial charge in [-0.15, -0.1) is 0 Å². The zero-order chi connectivity index (χ0) is 13.5. The summed E-state index contributed by atoms with van der Waals surface area (Å²) in [5, 5.41) is 3.46. The molecule has 0 aliphatic carbocycles. The predicted octanol–water partition coefficient (Wildman–Crippen LogP) is 3.94. The Bertz CT molecular complexity index is 449. The number of aryl methyl sites for hydroxylation is 1. The molecule has 0 aromatic heterocycles. The second-order valence-electron chi connectivity index (χ2n) is 6.28. The van der Waals surface area contributed by atoms with Gasteiger partial charge in [-0.25, -0.2) is 0 Å². The minimum atomic E-state index is -0.0962. The molecule has 1 heterocycles. The highest BCUT2D eigenvalue weighted by Gasteiger charge is 2.35. The van der Waals surface area contributed by atoms with Gasteiger partial charge in [0.2, 0.25) is 0 Å². The Morgan fingerprint density at radius 1 is 1.33 bits per heavy atom. The summed E-state index contributed by atoms with van der Waals surface area (Å²) in [5.41, 5.74) is 3.92. The number of rotatable bonds is 2. The highest BCUT2D eigenvalue weighted by Crippen LogP contribution is 2.44. The molecule has 1 aromatic carbocycles. The molecule has 0 radical (unpaired) electrons. The second-order valence-corrected chi connectivity index (χ2v) is 6.28. The molecule has 0 fully saturated rings. The van der Waals surface area contributed by atoms with E-state index in [9.17, 15) is 0 Å². The van der Waals surface area contributed by atoms with Crippen LogP contribution in [0.4, 0.5) is 0 Å². The van der Waals surface area contributed by atoms with E-state index in [1.54, 1.807) is 0 Å². The molecule has 0 bridgehead atoms. The number of ether oxygens (including phenoxy) is 1. The standard InChI is InChI=1S/C16H25NO/c1-10(2)12-8-7-11(3)15-14(12)13(17-6)9-16(4,5)18-15/h7-8,10,13,17H,9H2,1-6H3. The Kier molecular flexibility index (Phi) is 3.41. The van der Waals surface area contributed by atoms with Gasteiger partial charge in [0, 0.05) is 18.0 Å². The molecule has 1 atom stereocenters. The van der Waals surface area contributed by atoms with E-state index in [2.05, 4.69) is 52.1 Å². The second kappa shape index (κ2) is 4.58. The van der Waals surface area contributed by atoms with Gasteiger partial charge in [0.1, 0.15) is 11.4 Å². The van der Waals surface area contributed by atoms with Crippen molar-refractivity contribution in [3.63, 3.8) is 0 Å². The fourth-order valence-corrected chi connectivity index (χ4v) is 2.88. The van der Waals surface area contributed by atoms with Crippen molar-refractivity contribution in [1.29, 1.82) is 0 Å². The number of fused-ring (bicyclic) bond motifs is 1. The lowest BCUT2D eigenvalue weighted by Gasteiger charge is -2.40. The average molecular weight is 247 g/mol. The molecule has 2 rings (SSSR count). The molecule has 1 aliphatic heterocycles. The SMILES string of the molecule is CNC1CC(C)(C)Oc2c(C)ccc(C(C)C)c21. The summed E-state index contributed by atoms with van der Waals surface area (Å²) in [7, 11) is 2.04. The molecule has 1 aliphatic rings. The molecule has 1 unspecified atom stereocenters. The van der Waals surface area contributed by atoms with Crippen molar-refractivity contribution in [1.82, 2.24) is 5.32 Å². The van der Waals surface area contributed by atoms with E-state index in [1.165, 1.54) is 16.7 Å². The van der Waals surface area contributed by atoms with E-state index < -0.39 is 0 Å². The van der Waals surface area contributed by atoms with E-state index in [4.69, 9.17) is 4.74 Å². The van der Waals surface area contributed by atoms with Crippen LogP contribution in [0, 0.1) is 6.92 Å². The number of hydrogen-bond acceptors (Lipinski definition) is 2. The van der Waals surface area contributed by atoms with Gasteiger partial charge in [0.05, 0.1) is 0 Å². The van der Waals surface area contributed by atoms with Gasteiger partial charge in [-0.1, -0.05) is 26.0 Å². The predicted molar refractivity (Wildman–Crippen MR) is 76.4 cm³/mol.